The predicted molar refractivity (Wildman–Crippen MR) is 119 cm³/mol. The molecular weight excluding hydrogens is 433 g/mol. The molecule has 3 aromatic carbocycles. The SMILES string of the molecule is O=C1C(=O)N(c2ccc(F)c(Cl)c2)C(c2ccco2)/C1=C(/O)c1ccc2ccccc2c1. The van der Waals surface area contributed by atoms with Crippen molar-refractivity contribution in [1.29, 1.82) is 0 Å². The fraction of sp³-hybridized carbons (Fsp3) is 0.0400. The van der Waals surface area contributed by atoms with Crippen molar-refractivity contribution in [2.75, 3.05) is 4.90 Å². The van der Waals surface area contributed by atoms with Gasteiger partial charge in [-0.2, -0.15) is 0 Å². The van der Waals surface area contributed by atoms with E-state index in [1.807, 2.05) is 30.3 Å². The van der Waals surface area contributed by atoms with Gasteiger partial charge in [0.05, 0.1) is 16.9 Å². The number of rotatable bonds is 3. The Morgan fingerprint density at radius 1 is 0.969 bits per heavy atom. The number of fused-ring (bicyclic) bond motifs is 1. The second-order valence-corrected chi connectivity index (χ2v) is 7.75. The summed E-state index contributed by atoms with van der Waals surface area (Å²) in [7, 11) is 0. The van der Waals surface area contributed by atoms with Crippen LogP contribution in [-0.4, -0.2) is 16.8 Å². The van der Waals surface area contributed by atoms with Crippen molar-refractivity contribution in [2.24, 2.45) is 0 Å². The second-order valence-electron chi connectivity index (χ2n) is 7.34. The number of nitrogens with zero attached hydrogens (tertiary/aromatic N) is 1. The lowest BCUT2D eigenvalue weighted by Crippen LogP contribution is -2.29. The van der Waals surface area contributed by atoms with Gasteiger partial charge in [-0.05, 0) is 47.2 Å². The first kappa shape index (κ1) is 20.0. The van der Waals surface area contributed by atoms with Crippen LogP contribution in [0.5, 0.6) is 0 Å². The molecule has 1 unspecified atom stereocenters. The zero-order valence-electron chi connectivity index (χ0n) is 16.5. The van der Waals surface area contributed by atoms with Crippen molar-refractivity contribution in [3.8, 4) is 0 Å². The summed E-state index contributed by atoms with van der Waals surface area (Å²) in [4.78, 5) is 27.2. The number of anilines is 1. The summed E-state index contributed by atoms with van der Waals surface area (Å²) in [5.41, 5.74) is 0.466. The van der Waals surface area contributed by atoms with Gasteiger partial charge in [-0.3, -0.25) is 14.5 Å². The largest absolute Gasteiger partial charge is 0.507 e. The lowest BCUT2D eigenvalue weighted by molar-refractivity contribution is -0.132. The van der Waals surface area contributed by atoms with E-state index < -0.39 is 23.5 Å². The number of furan rings is 1. The number of hydrogen-bond acceptors (Lipinski definition) is 4. The average Bonchev–Trinajstić information content (AvgIpc) is 3.42. The summed E-state index contributed by atoms with van der Waals surface area (Å²) in [5.74, 6) is -2.47. The molecular formula is C25H15ClFNO4. The standard InChI is InChI=1S/C25H15ClFNO4/c26-18-13-17(9-10-19(18)27)28-22(20-6-3-11-32-20)21(24(30)25(28)31)23(29)16-8-7-14-4-1-2-5-15(14)12-16/h1-13,22,29H/b23-21-. The Morgan fingerprint density at radius 2 is 1.75 bits per heavy atom. The number of ketones is 1. The van der Waals surface area contributed by atoms with Gasteiger partial charge in [0.1, 0.15) is 23.4 Å². The Hall–Kier alpha value is -3.90. The summed E-state index contributed by atoms with van der Waals surface area (Å²) in [6.45, 7) is 0. The number of halogens is 2. The zero-order chi connectivity index (χ0) is 22.4. The number of carbonyl (C=O) groups excluding carboxylic acids is 2. The van der Waals surface area contributed by atoms with Gasteiger partial charge in [-0.25, -0.2) is 4.39 Å². The maximum Gasteiger partial charge on any atom is 0.300 e. The molecule has 0 aliphatic carbocycles. The van der Waals surface area contributed by atoms with Gasteiger partial charge in [0.15, 0.2) is 0 Å². The van der Waals surface area contributed by atoms with Gasteiger partial charge in [0, 0.05) is 11.3 Å². The van der Waals surface area contributed by atoms with Gasteiger partial charge < -0.3 is 9.52 Å². The first-order chi connectivity index (χ1) is 15.5. The summed E-state index contributed by atoms with van der Waals surface area (Å²) in [5, 5.41) is 12.8. The highest BCUT2D eigenvalue weighted by molar-refractivity contribution is 6.51. The van der Waals surface area contributed by atoms with E-state index in [1.54, 1.807) is 24.3 Å². The van der Waals surface area contributed by atoms with E-state index >= 15 is 0 Å². The molecule has 1 N–H and O–H groups in total. The van der Waals surface area contributed by atoms with E-state index in [-0.39, 0.29) is 27.8 Å². The van der Waals surface area contributed by atoms with Crippen molar-refractivity contribution in [2.45, 2.75) is 6.04 Å². The minimum absolute atomic E-state index is 0.124. The Morgan fingerprint density at radius 3 is 2.47 bits per heavy atom. The predicted octanol–water partition coefficient (Wildman–Crippen LogP) is 5.85. The average molecular weight is 448 g/mol. The number of aliphatic hydroxyl groups is 1. The van der Waals surface area contributed by atoms with Gasteiger partial charge in [-0.15, -0.1) is 0 Å². The van der Waals surface area contributed by atoms with Gasteiger partial charge in [0.2, 0.25) is 0 Å². The molecule has 1 atom stereocenters. The first-order valence-corrected chi connectivity index (χ1v) is 10.1. The molecule has 0 saturated carbocycles. The Kier molecular flexibility index (Phi) is 4.79. The fourth-order valence-corrected chi connectivity index (χ4v) is 4.12. The number of hydrogen-bond donors (Lipinski definition) is 1. The Balaban J connectivity index is 1.71. The van der Waals surface area contributed by atoms with Crippen molar-refractivity contribution >= 4 is 45.5 Å². The summed E-state index contributed by atoms with van der Waals surface area (Å²) >= 11 is 5.92. The minimum atomic E-state index is -1.04. The number of benzene rings is 3. The molecule has 0 radical (unpaired) electrons. The smallest absolute Gasteiger partial charge is 0.300 e. The van der Waals surface area contributed by atoms with Crippen LogP contribution in [0.3, 0.4) is 0 Å². The van der Waals surface area contributed by atoms with Crippen LogP contribution in [0.15, 0.2) is 89.0 Å². The van der Waals surface area contributed by atoms with Crippen LogP contribution in [0.4, 0.5) is 10.1 Å². The highest BCUT2D eigenvalue weighted by Crippen LogP contribution is 2.43. The molecule has 5 nitrogen and oxygen atoms in total. The Labute approximate surface area is 186 Å². The summed E-state index contributed by atoms with van der Waals surface area (Å²) in [6, 6.07) is 18.7. The fourth-order valence-electron chi connectivity index (χ4n) is 3.94. The van der Waals surface area contributed by atoms with Crippen LogP contribution in [0.1, 0.15) is 17.4 Å². The number of Topliss-reactive ketones (excluding diaryl/α,β-unsaturated/α-hetero) is 1. The van der Waals surface area contributed by atoms with Crippen LogP contribution in [0.2, 0.25) is 5.02 Å². The molecule has 2 heterocycles. The van der Waals surface area contributed by atoms with E-state index in [2.05, 4.69) is 0 Å². The Bertz CT molecular complexity index is 1410. The molecule has 0 spiro atoms. The molecule has 1 aliphatic rings. The lowest BCUT2D eigenvalue weighted by Gasteiger charge is -2.23. The van der Waals surface area contributed by atoms with Gasteiger partial charge >= 0.3 is 0 Å². The molecule has 4 aromatic rings. The molecule has 1 saturated heterocycles. The molecule has 0 bridgehead atoms. The van der Waals surface area contributed by atoms with Crippen molar-refractivity contribution in [3.05, 3.63) is 107 Å². The van der Waals surface area contributed by atoms with Crippen LogP contribution in [0.25, 0.3) is 16.5 Å². The van der Waals surface area contributed by atoms with E-state index in [1.165, 1.54) is 18.4 Å². The molecule has 1 fully saturated rings. The van der Waals surface area contributed by atoms with Crippen LogP contribution in [-0.2, 0) is 9.59 Å². The maximum absolute atomic E-state index is 13.7. The van der Waals surface area contributed by atoms with Crippen molar-refractivity contribution in [1.82, 2.24) is 0 Å². The molecule has 158 valence electrons. The first-order valence-electron chi connectivity index (χ1n) is 9.74. The second kappa shape index (κ2) is 7.66. The number of aliphatic hydroxyl groups excluding tert-OH is 1. The number of carbonyl (C=O) groups is 2. The maximum atomic E-state index is 13.7. The number of amides is 1. The van der Waals surface area contributed by atoms with E-state index in [4.69, 9.17) is 16.0 Å². The molecule has 7 heteroatoms. The van der Waals surface area contributed by atoms with Gasteiger partial charge in [0.25, 0.3) is 11.7 Å². The monoisotopic (exact) mass is 447 g/mol. The summed E-state index contributed by atoms with van der Waals surface area (Å²) < 4.78 is 19.2. The zero-order valence-corrected chi connectivity index (χ0v) is 17.2. The molecule has 1 amide bonds. The van der Waals surface area contributed by atoms with Crippen LogP contribution >= 0.6 is 11.6 Å². The van der Waals surface area contributed by atoms with E-state index in [0.29, 0.717) is 5.56 Å². The van der Waals surface area contributed by atoms with Crippen LogP contribution in [0, 0.1) is 5.82 Å². The normalized spacial score (nSPS) is 17.9. The highest BCUT2D eigenvalue weighted by Gasteiger charge is 2.48. The molecule has 1 aromatic heterocycles. The lowest BCUT2D eigenvalue weighted by atomic mass is 9.97. The third-order valence-corrected chi connectivity index (χ3v) is 5.75. The van der Waals surface area contributed by atoms with Crippen LogP contribution < -0.4 is 4.90 Å². The third-order valence-electron chi connectivity index (χ3n) is 5.46. The van der Waals surface area contributed by atoms with E-state index in [0.717, 1.165) is 21.7 Å². The quantitative estimate of drug-likeness (QED) is 0.243. The van der Waals surface area contributed by atoms with Crippen molar-refractivity contribution < 1.29 is 23.5 Å². The third kappa shape index (κ3) is 3.16. The highest BCUT2D eigenvalue weighted by atomic mass is 35.5. The van der Waals surface area contributed by atoms with Gasteiger partial charge in [-0.1, -0.05) is 48.0 Å². The molecule has 5 rings (SSSR count). The molecule has 1 aliphatic heterocycles. The topological polar surface area (TPSA) is 70.8 Å². The minimum Gasteiger partial charge on any atom is -0.507 e. The van der Waals surface area contributed by atoms with E-state index in [9.17, 15) is 19.1 Å². The molecule has 32 heavy (non-hydrogen) atoms. The van der Waals surface area contributed by atoms with Crippen molar-refractivity contribution in [3.63, 3.8) is 0 Å². The summed E-state index contributed by atoms with van der Waals surface area (Å²) in [6.07, 6.45) is 1.41.